The number of amides is 2. The van der Waals surface area contributed by atoms with E-state index in [1.165, 1.54) is 0 Å². The molecule has 2 aromatic rings. The molecular formula is C22H27ClN2O3. The van der Waals surface area contributed by atoms with Gasteiger partial charge in [-0.25, -0.2) is 0 Å². The van der Waals surface area contributed by atoms with Crippen molar-refractivity contribution in [3.05, 3.63) is 64.7 Å². The third-order valence-electron chi connectivity index (χ3n) is 4.50. The van der Waals surface area contributed by atoms with Gasteiger partial charge in [-0.15, -0.1) is 0 Å². The van der Waals surface area contributed by atoms with Crippen LogP contribution in [-0.4, -0.2) is 35.9 Å². The Morgan fingerprint density at radius 3 is 2.54 bits per heavy atom. The molecule has 150 valence electrons. The standard InChI is InChI=1S/C22H27ClN2O3/c1-4-20(22(27)24-5-2)25(14-17-10-7-6-9-16(17)3)21(26)15-28-19-12-8-11-18(23)13-19/h6-13,20H,4-5,14-15H2,1-3H3,(H,24,27). The summed E-state index contributed by atoms with van der Waals surface area (Å²) in [4.78, 5) is 27.2. The number of rotatable bonds is 9. The Morgan fingerprint density at radius 1 is 1.14 bits per heavy atom. The van der Waals surface area contributed by atoms with Crippen LogP contribution in [0.25, 0.3) is 0 Å². The highest BCUT2D eigenvalue weighted by atomic mass is 35.5. The van der Waals surface area contributed by atoms with Crippen LogP contribution in [0.1, 0.15) is 31.4 Å². The van der Waals surface area contributed by atoms with Gasteiger partial charge in [0.25, 0.3) is 5.91 Å². The third-order valence-corrected chi connectivity index (χ3v) is 4.73. The predicted octanol–water partition coefficient (Wildman–Crippen LogP) is 3.97. The topological polar surface area (TPSA) is 58.6 Å². The molecule has 6 heteroatoms. The fourth-order valence-corrected chi connectivity index (χ4v) is 3.15. The summed E-state index contributed by atoms with van der Waals surface area (Å²) in [6, 6.07) is 14.2. The molecular weight excluding hydrogens is 376 g/mol. The zero-order valence-corrected chi connectivity index (χ0v) is 17.3. The van der Waals surface area contributed by atoms with E-state index in [0.717, 1.165) is 11.1 Å². The van der Waals surface area contributed by atoms with Crippen LogP contribution in [-0.2, 0) is 16.1 Å². The fourth-order valence-electron chi connectivity index (χ4n) is 2.97. The Hall–Kier alpha value is -2.53. The van der Waals surface area contributed by atoms with Crippen LogP contribution in [0, 0.1) is 6.92 Å². The molecule has 0 saturated heterocycles. The van der Waals surface area contributed by atoms with E-state index < -0.39 is 6.04 Å². The van der Waals surface area contributed by atoms with E-state index in [1.54, 1.807) is 29.2 Å². The molecule has 2 rings (SSSR count). The number of aryl methyl sites for hydroxylation is 1. The van der Waals surface area contributed by atoms with Gasteiger partial charge in [0.2, 0.25) is 5.91 Å². The van der Waals surface area contributed by atoms with Crippen molar-refractivity contribution in [1.29, 1.82) is 0 Å². The molecule has 0 bridgehead atoms. The van der Waals surface area contributed by atoms with E-state index in [-0.39, 0.29) is 18.4 Å². The molecule has 0 saturated carbocycles. The number of carbonyl (C=O) groups excluding carboxylic acids is 2. The van der Waals surface area contributed by atoms with Crippen molar-refractivity contribution in [1.82, 2.24) is 10.2 Å². The SMILES string of the molecule is CCNC(=O)C(CC)N(Cc1ccccc1C)C(=O)COc1cccc(Cl)c1. The quantitative estimate of drug-likeness (QED) is 0.690. The summed E-state index contributed by atoms with van der Waals surface area (Å²) in [6.07, 6.45) is 0.515. The maximum Gasteiger partial charge on any atom is 0.261 e. The van der Waals surface area contributed by atoms with Gasteiger partial charge in [0, 0.05) is 18.1 Å². The van der Waals surface area contributed by atoms with Gasteiger partial charge in [-0.2, -0.15) is 0 Å². The maximum absolute atomic E-state index is 13.0. The molecule has 0 heterocycles. The minimum Gasteiger partial charge on any atom is -0.484 e. The molecule has 0 aliphatic rings. The number of nitrogens with zero attached hydrogens (tertiary/aromatic N) is 1. The zero-order valence-electron chi connectivity index (χ0n) is 16.6. The van der Waals surface area contributed by atoms with Crippen LogP contribution in [0.5, 0.6) is 5.75 Å². The number of benzene rings is 2. The third kappa shape index (κ3) is 5.99. The first-order valence-corrected chi connectivity index (χ1v) is 9.84. The Kier molecular flexibility index (Phi) is 8.33. The molecule has 1 atom stereocenters. The highest BCUT2D eigenvalue weighted by Gasteiger charge is 2.28. The summed E-state index contributed by atoms with van der Waals surface area (Å²) in [7, 11) is 0. The first-order chi connectivity index (χ1) is 13.5. The molecule has 0 aromatic heterocycles. The molecule has 0 radical (unpaired) electrons. The number of carbonyl (C=O) groups is 2. The van der Waals surface area contributed by atoms with E-state index >= 15 is 0 Å². The van der Waals surface area contributed by atoms with Gasteiger partial charge in [0.1, 0.15) is 11.8 Å². The second-order valence-electron chi connectivity index (χ2n) is 6.51. The minimum absolute atomic E-state index is 0.158. The number of nitrogens with one attached hydrogen (secondary N) is 1. The summed E-state index contributed by atoms with van der Waals surface area (Å²) in [6.45, 7) is 6.45. The number of likely N-dealkylation sites (N-methyl/N-ethyl adjacent to an activating group) is 1. The summed E-state index contributed by atoms with van der Waals surface area (Å²) < 4.78 is 5.62. The van der Waals surface area contributed by atoms with Crippen LogP contribution in [0.3, 0.4) is 0 Å². The van der Waals surface area contributed by atoms with E-state index in [1.807, 2.05) is 45.0 Å². The van der Waals surface area contributed by atoms with Gasteiger partial charge < -0.3 is 15.0 Å². The lowest BCUT2D eigenvalue weighted by atomic mass is 10.1. The van der Waals surface area contributed by atoms with E-state index in [4.69, 9.17) is 16.3 Å². The monoisotopic (exact) mass is 402 g/mol. The van der Waals surface area contributed by atoms with Crippen LogP contribution in [0.15, 0.2) is 48.5 Å². The predicted molar refractivity (Wildman–Crippen MR) is 111 cm³/mol. The molecule has 0 spiro atoms. The Balaban J connectivity index is 2.21. The van der Waals surface area contributed by atoms with Crippen molar-refractivity contribution in [2.45, 2.75) is 39.8 Å². The second-order valence-corrected chi connectivity index (χ2v) is 6.95. The van der Waals surface area contributed by atoms with E-state index in [0.29, 0.717) is 30.3 Å². The lowest BCUT2D eigenvalue weighted by Gasteiger charge is -2.31. The fraction of sp³-hybridized carbons (Fsp3) is 0.364. The van der Waals surface area contributed by atoms with Gasteiger partial charge in [0.05, 0.1) is 0 Å². The Morgan fingerprint density at radius 2 is 1.89 bits per heavy atom. The highest BCUT2D eigenvalue weighted by molar-refractivity contribution is 6.30. The van der Waals surface area contributed by atoms with Gasteiger partial charge >= 0.3 is 0 Å². The van der Waals surface area contributed by atoms with Crippen molar-refractivity contribution >= 4 is 23.4 Å². The van der Waals surface area contributed by atoms with Crippen molar-refractivity contribution in [3.63, 3.8) is 0 Å². The Bertz CT molecular complexity index is 810. The van der Waals surface area contributed by atoms with Crippen molar-refractivity contribution in [3.8, 4) is 5.75 Å². The van der Waals surface area contributed by atoms with E-state index in [2.05, 4.69) is 5.32 Å². The average molecular weight is 403 g/mol. The van der Waals surface area contributed by atoms with Crippen LogP contribution >= 0.6 is 11.6 Å². The van der Waals surface area contributed by atoms with Gasteiger partial charge in [-0.05, 0) is 49.6 Å². The van der Waals surface area contributed by atoms with Gasteiger partial charge in [-0.3, -0.25) is 9.59 Å². The zero-order chi connectivity index (χ0) is 20.5. The lowest BCUT2D eigenvalue weighted by Crippen LogP contribution is -2.50. The normalized spacial score (nSPS) is 11.6. The van der Waals surface area contributed by atoms with Crippen molar-refractivity contribution < 1.29 is 14.3 Å². The molecule has 1 unspecified atom stereocenters. The summed E-state index contributed by atoms with van der Waals surface area (Å²) in [5.41, 5.74) is 2.07. The molecule has 2 amide bonds. The molecule has 5 nitrogen and oxygen atoms in total. The maximum atomic E-state index is 13.0. The summed E-state index contributed by atoms with van der Waals surface area (Å²) in [5.74, 6) is 0.110. The molecule has 2 aromatic carbocycles. The lowest BCUT2D eigenvalue weighted by molar-refractivity contribution is -0.142. The number of halogens is 1. The minimum atomic E-state index is -0.560. The smallest absolute Gasteiger partial charge is 0.261 e. The van der Waals surface area contributed by atoms with Crippen molar-refractivity contribution in [2.75, 3.05) is 13.2 Å². The summed E-state index contributed by atoms with van der Waals surface area (Å²) in [5, 5.41) is 3.36. The number of ether oxygens (including phenoxy) is 1. The largest absolute Gasteiger partial charge is 0.484 e. The van der Waals surface area contributed by atoms with Gasteiger partial charge in [-0.1, -0.05) is 48.9 Å². The molecule has 28 heavy (non-hydrogen) atoms. The molecule has 0 aliphatic carbocycles. The van der Waals surface area contributed by atoms with Gasteiger partial charge in [0.15, 0.2) is 6.61 Å². The summed E-state index contributed by atoms with van der Waals surface area (Å²) >= 11 is 5.97. The first kappa shape index (κ1) is 21.8. The van der Waals surface area contributed by atoms with Crippen LogP contribution in [0.4, 0.5) is 0 Å². The van der Waals surface area contributed by atoms with Crippen LogP contribution in [0.2, 0.25) is 5.02 Å². The van der Waals surface area contributed by atoms with Crippen molar-refractivity contribution in [2.24, 2.45) is 0 Å². The first-order valence-electron chi connectivity index (χ1n) is 9.46. The van der Waals surface area contributed by atoms with E-state index in [9.17, 15) is 9.59 Å². The second kappa shape index (κ2) is 10.7. The molecule has 0 aliphatic heterocycles. The van der Waals surface area contributed by atoms with Crippen LogP contribution < -0.4 is 10.1 Å². The molecule has 1 N–H and O–H groups in total. The number of hydrogen-bond acceptors (Lipinski definition) is 3. The Labute approximate surface area is 171 Å². The molecule has 0 fully saturated rings. The highest BCUT2D eigenvalue weighted by Crippen LogP contribution is 2.19. The average Bonchev–Trinajstić information content (AvgIpc) is 2.67. The number of hydrogen-bond donors (Lipinski definition) is 1.